The molecule has 1 fully saturated rings. The Labute approximate surface area is 126 Å². The first-order valence-corrected chi connectivity index (χ1v) is 7.36. The van der Waals surface area contributed by atoms with Gasteiger partial charge in [-0.05, 0) is 51.2 Å². The van der Waals surface area contributed by atoms with Crippen LogP contribution in [0.5, 0.6) is 0 Å². The number of carbonyl (C=O) groups is 1. The lowest BCUT2D eigenvalue weighted by Crippen LogP contribution is -2.44. The summed E-state index contributed by atoms with van der Waals surface area (Å²) in [4.78, 5) is 16.8. The maximum absolute atomic E-state index is 12.6. The molecule has 0 radical (unpaired) electrons. The lowest BCUT2D eigenvalue weighted by atomic mass is 10.0. The number of piperidine rings is 1. The van der Waals surface area contributed by atoms with Crippen molar-refractivity contribution in [2.24, 2.45) is 5.73 Å². The van der Waals surface area contributed by atoms with Crippen molar-refractivity contribution >= 4 is 5.91 Å². The highest BCUT2D eigenvalue weighted by atomic mass is 16.2. The fourth-order valence-corrected chi connectivity index (χ4v) is 2.63. The first kappa shape index (κ1) is 15.6. The predicted molar refractivity (Wildman–Crippen MR) is 85.0 cm³/mol. The van der Waals surface area contributed by atoms with Crippen LogP contribution >= 0.6 is 0 Å². The molecule has 0 saturated carbocycles. The molecule has 0 aromatic heterocycles. The third-order valence-corrected chi connectivity index (χ3v) is 4.00. The molecule has 1 saturated heterocycles. The molecule has 1 aromatic rings. The van der Waals surface area contributed by atoms with E-state index in [1.54, 1.807) is 0 Å². The van der Waals surface area contributed by atoms with Crippen LogP contribution in [-0.4, -0.2) is 55.5 Å². The highest BCUT2D eigenvalue weighted by molar-refractivity contribution is 5.94. The molecule has 21 heavy (non-hydrogen) atoms. The Morgan fingerprint density at radius 2 is 2.14 bits per heavy atom. The average Bonchev–Trinajstić information content (AvgIpc) is 2.52. The Morgan fingerprint density at radius 1 is 1.43 bits per heavy atom. The minimum absolute atomic E-state index is 0.0703. The van der Waals surface area contributed by atoms with E-state index in [9.17, 15) is 4.79 Å². The zero-order valence-corrected chi connectivity index (χ0v) is 12.8. The number of likely N-dealkylation sites (tertiary alicyclic amines) is 1. The average molecular weight is 285 g/mol. The molecule has 1 amide bonds. The summed E-state index contributed by atoms with van der Waals surface area (Å²) in [6, 6.07) is 7.79. The molecule has 0 aliphatic carbocycles. The van der Waals surface area contributed by atoms with Crippen LogP contribution in [-0.2, 0) is 0 Å². The van der Waals surface area contributed by atoms with E-state index >= 15 is 0 Å². The van der Waals surface area contributed by atoms with Gasteiger partial charge in [0.25, 0.3) is 5.91 Å². The molecule has 2 rings (SSSR count). The Hall–Kier alpha value is -1.83. The van der Waals surface area contributed by atoms with Crippen molar-refractivity contribution in [3.05, 3.63) is 35.4 Å². The quantitative estimate of drug-likeness (QED) is 0.830. The normalized spacial score (nSPS) is 16.1. The van der Waals surface area contributed by atoms with E-state index in [0.717, 1.165) is 31.5 Å². The van der Waals surface area contributed by atoms with Gasteiger partial charge in [-0.2, -0.15) is 0 Å². The van der Waals surface area contributed by atoms with Gasteiger partial charge in [0.05, 0.1) is 6.54 Å². The third-order valence-electron chi connectivity index (χ3n) is 4.00. The number of benzene rings is 1. The molecule has 4 heteroatoms. The van der Waals surface area contributed by atoms with Crippen molar-refractivity contribution in [3.63, 3.8) is 0 Å². The molecule has 1 heterocycles. The fraction of sp³-hybridized carbons (Fsp3) is 0.471. The van der Waals surface area contributed by atoms with Crippen LogP contribution in [0.2, 0.25) is 0 Å². The smallest absolute Gasteiger partial charge is 0.253 e. The molecule has 0 bridgehead atoms. The van der Waals surface area contributed by atoms with Gasteiger partial charge in [0, 0.05) is 24.2 Å². The van der Waals surface area contributed by atoms with Gasteiger partial charge in [0.1, 0.15) is 0 Å². The summed E-state index contributed by atoms with van der Waals surface area (Å²) in [7, 11) is 4.02. The topological polar surface area (TPSA) is 49.6 Å². The van der Waals surface area contributed by atoms with Gasteiger partial charge < -0.3 is 15.5 Å². The van der Waals surface area contributed by atoms with E-state index in [1.807, 2.05) is 36.2 Å². The van der Waals surface area contributed by atoms with E-state index in [-0.39, 0.29) is 5.91 Å². The van der Waals surface area contributed by atoms with Crippen molar-refractivity contribution in [2.45, 2.75) is 18.9 Å². The number of hydrogen-bond donors (Lipinski definition) is 1. The summed E-state index contributed by atoms with van der Waals surface area (Å²) in [5, 5.41) is 0. The molecular weight excluding hydrogens is 262 g/mol. The lowest BCUT2D eigenvalue weighted by Gasteiger charge is -2.35. The molecular formula is C17H23N3O. The Kier molecular flexibility index (Phi) is 5.38. The van der Waals surface area contributed by atoms with Crippen molar-refractivity contribution in [3.8, 4) is 11.8 Å². The van der Waals surface area contributed by atoms with Crippen LogP contribution in [0.25, 0.3) is 0 Å². The SMILES string of the molecule is CN1CCC(N(C)C(=O)c2cccc(C#CCN)c2)CC1. The summed E-state index contributed by atoms with van der Waals surface area (Å²) < 4.78 is 0. The van der Waals surface area contributed by atoms with Crippen LogP contribution in [0.3, 0.4) is 0 Å². The largest absolute Gasteiger partial charge is 0.339 e. The molecule has 2 N–H and O–H groups in total. The van der Waals surface area contributed by atoms with Gasteiger partial charge in [0.15, 0.2) is 0 Å². The van der Waals surface area contributed by atoms with Crippen LogP contribution in [0.15, 0.2) is 24.3 Å². The van der Waals surface area contributed by atoms with Gasteiger partial charge in [0.2, 0.25) is 0 Å². The number of nitrogens with two attached hydrogens (primary N) is 1. The number of rotatable bonds is 2. The molecule has 1 aromatic carbocycles. The summed E-state index contributed by atoms with van der Waals surface area (Å²) in [5.74, 6) is 5.86. The van der Waals surface area contributed by atoms with Crippen LogP contribution < -0.4 is 5.73 Å². The monoisotopic (exact) mass is 285 g/mol. The Bertz CT molecular complexity index is 551. The van der Waals surface area contributed by atoms with Crippen molar-refractivity contribution < 1.29 is 4.79 Å². The Balaban J connectivity index is 2.08. The molecule has 4 nitrogen and oxygen atoms in total. The molecule has 1 aliphatic heterocycles. The van der Waals surface area contributed by atoms with Crippen LogP contribution in [0.1, 0.15) is 28.8 Å². The summed E-state index contributed by atoms with van der Waals surface area (Å²) in [5.41, 5.74) is 6.91. The highest BCUT2D eigenvalue weighted by Gasteiger charge is 2.24. The third kappa shape index (κ3) is 4.07. The van der Waals surface area contributed by atoms with Crippen LogP contribution in [0.4, 0.5) is 0 Å². The minimum Gasteiger partial charge on any atom is -0.339 e. The predicted octanol–water partition coefficient (Wildman–Crippen LogP) is 1.16. The van der Waals surface area contributed by atoms with E-state index < -0.39 is 0 Å². The van der Waals surface area contributed by atoms with Gasteiger partial charge in [-0.3, -0.25) is 4.79 Å². The van der Waals surface area contributed by atoms with E-state index in [2.05, 4.69) is 23.8 Å². The number of carbonyl (C=O) groups excluding carboxylic acids is 1. The first-order valence-electron chi connectivity index (χ1n) is 7.36. The van der Waals surface area contributed by atoms with Gasteiger partial charge in [-0.1, -0.05) is 17.9 Å². The van der Waals surface area contributed by atoms with E-state index in [4.69, 9.17) is 5.73 Å². The van der Waals surface area contributed by atoms with Crippen molar-refractivity contribution in [1.29, 1.82) is 0 Å². The maximum atomic E-state index is 12.6. The number of nitrogens with zero attached hydrogens (tertiary/aromatic N) is 2. The summed E-state index contributed by atoms with van der Waals surface area (Å²) in [6.07, 6.45) is 2.07. The molecule has 1 aliphatic rings. The second kappa shape index (κ2) is 7.26. The first-order chi connectivity index (χ1) is 10.1. The van der Waals surface area contributed by atoms with Crippen molar-refractivity contribution in [2.75, 3.05) is 33.7 Å². The van der Waals surface area contributed by atoms with Crippen LogP contribution in [0, 0.1) is 11.8 Å². The van der Waals surface area contributed by atoms with Gasteiger partial charge in [-0.15, -0.1) is 0 Å². The summed E-state index contributed by atoms with van der Waals surface area (Å²) >= 11 is 0. The summed E-state index contributed by atoms with van der Waals surface area (Å²) in [6.45, 7) is 2.42. The zero-order valence-electron chi connectivity index (χ0n) is 12.8. The highest BCUT2D eigenvalue weighted by Crippen LogP contribution is 2.17. The van der Waals surface area contributed by atoms with Crippen molar-refractivity contribution in [1.82, 2.24) is 9.80 Å². The zero-order chi connectivity index (χ0) is 15.2. The van der Waals surface area contributed by atoms with Gasteiger partial charge in [-0.25, -0.2) is 0 Å². The molecule has 0 atom stereocenters. The number of amides is 1. The van der Waals surface area contributed by atoms with E-state index in [0.29, 0.717) is 18.2 Å². The molecule has 112 valence electrons. The standard InChI is InChI=1S/C17H23N3O/c1-19-11-8-16(9-12-19)20(2)17(21)15-7-3-5-14(13-15)6-4-10-18/h3,5,7,13,16H,8-12,18H2,1-2H3. The second-order valence-corrected chi connectivity index (χ2v) is 5.54. The Morgan fingerprint density at radius 3 is 2.81 bits per heavy atom. The van der Waals surface area contributed by atoms with Gasteiger partial charge >= 0.3 is 0 Å². The maximum Gasteiger partial charge on any atom is 0.253 e. The fourth-order valence-electron chi connectivity index (χ4n) is 2.63. The molecule has 0 spiro atoms. The minimum atomic E-state index is 0.0703. The second-order valence-electron chi connectivity index (χ2n) is 5.54. The molecule has 0 unspecified atom stereocenters. The lowest BCUT2D eigenvalue weighted by molar-refractivity contribution is 0.0659. The number of hydrogen-bond acceptors (Lipinski definition) is 3. The van der Waals surface area contributed by atoms with E-state index in [1.165, 1.54) is 0 Å².